The second kappa shape index (κ2) is 10.2. The number of benzene rings is 2. The molecule has 2 aromatic heterocycles. The third kappa shape index (κ3) is 4.79. The van der Waals surface area contributed by atoms with E-state index in [4.69, 9.17) is 15.0 Å². The molecular weight excluding hydrogens is 400 g/mol. The molecule has 0 aliphatic heterocycles. The van der Waals surface area contributed by atoms with E-state index in [0.29, 0.717) is 19.6 Å². The molecule has 30 heavy (non-hydrogen) atoms. The first-order valence-corrected chi connectivity index (χ1v) is 9.64. The minimum absolute atomic E-state index is 0. The van der Waals surface area contributed by atoms with Crippen molar-refractivity contribution < 1.29 is 9.26 Å². The van der Waals surface area contributed by atoms with Crippen LogP contribution in [0.5, 0.6) is 0 Å². The summed E-state index contributed by atoms with van der Waals surface area (Å²) in [6, 6.07) is 21.6. The van der Waals surface area contributed by atoms with E-state index >= 15 is 0 Å². The molecule has 1 atom stereocenters. The van der Waals surface area contributed by atoms with Gasteiger partial charge in [-0.1, -0.05) is 47.6 Å². The van der Waals surface area contributed by atoms with E-state index < -0.39 is 0 Å². The second-order valence-electron chi connectivity index (χ2n) is 6.86. The van der Waals surface area contributed by atoms with Crippen molar-refractivity contribution in [2.75, 3.05) is 25.6 Å². The molecule has 7 heteroatoms. The van der Waals surface area contributed by atoms with Gasteiger partial charge in [0.1, 0.15) is 11.5 Å². The number of halogens is 1. The van der Waals surface area contributed by atoms with Gasteiger partial charge >= 0.3 is 0 Å². The van der Waals surface area contributed by atoms with Crippen LogP contribution >= 0.6 is 12.4 Å². The Hall–Kier alpha value is -2.93. The van der Waals surface area contributed by atoms with Gasteiger partial charge in [-0.3, -0.25) is 0 Å². The van der Waals surface area contributed by atoms with Gasteiger partial charge in [0.15, 0.2) is 5.58 Å². The molecule has 6 nitrogen and oxygen atoms in total. The van der Waals surface area contributed by atoms with Crippen molar-refractivity contribution >= 4 is 29.2 Å². The Kier molecular flexibility index (Phi) is 7.41. The molecular formula is C23H25ClN4O2. The van der Waals surface area contributed by atoms with Crippen LogP contribution in [0.25, 0.3) is 22.2 Å². The average Bonchev–Trinajstić information content (AvgIpc) is 3.18. The Labute approximate surface area is 181 Å². The summed E-state index contributed by atoms with van der Waals surface area (Å²) in [5.41, 5.74) is 11.1. The van der Waals surface area contributed by atoms with Gasteiger partial charge in [0, 0.05) is 42.8 Å². The highest BCUT2D eigenvalue weighted by atomic mass is 35.5. The highest BCUT2D eigenvalue weighted by Gasteiger charge is 2.18. The van der Waals surface area contributed by atoms with Crippen LogP contribution < -0.4 is 11.1 Å². The Bertz CT molecular complexity index is 1100. The Morgan fingerprint density at radius 2 is 1.83 bits per heavy atom. The fourth-order valence-electron chi connectivity index (χ4n) is 3.42. The minimum Gasteiger partial charge on any atom is -0.383 e. The Morgan fingerprint density at radius 1 is 1.03 bits per heavy atom. The van der Waals surface area contributed by atoms with E-state index in [2.05, 4.69) is 15.5 Å². The topological polar surface area (TPSA) is 86.2 Å². The minimum atomic E-state index is -0.219. The SMILES string of the molecule is COCCNc1cccc(CC(N)c2ccccc2-c2noc3ccccc23)n1.Cl. The lowest BCUT2D eigenvalue weighted by molar-refractivity contribution is 0.210. The number of hydrogen-bond donors (Lipinski definition) is 2. The highest BCUT2D eigenvalue weighted by Crippen LogP contribution is 2.33. The Morgan fingerprint density at radius 3 is 2.70 bits per heavy atom. The lowest BCUT2D eigenvalue weighted by Gasteiger charge is -2.16. The van der Waals surface area contributed by atoms with Gasteiger partial charge in [0.25, 0.3) is 0 Å². The molecule has 2 heterocycles. The summed E-state index contributed by atoms with van der Waals surface area (Å²) in [6.07, 6.45) is 0.618. The second-order valence-corrected chi connectivity index (χ2v) is 6.86. The quantitative estimate of drug-likeness (QED) is 0.401. The lowest BCUT2D eigenvalue weighted by Crippen LogP contribution is -2.16. The number of fused-ring (bicyclic) bond motifs is 1. The van der Waals surface area contributed by atoms with E-state index in [9.17, 15) is 0 Å². The molecule has 0 radical (unpaired) electrons. The smallest absolute Gasteiger partial charge is 0.167 e. The molecule has 0 amide bonds. The van der Waals surface area contributed by atoms with E-state index in [1.807, 2.05) is 66.7 Å². The van der Waals surface area contributed by atoms with Crippen LogP contribution in [-0.4, -0.2) is 30.4 Å². The molecule has 4 rings (SSSR count). The van der Waals surface area contributed by atoms with E-state index in [1.54, 1.807) is 7.11 Å². The van der Waals surface area contributed by atoms with Crippen LogP contribution in [0.1, 0.15) is 17.3 Å². The molecule has 1 unspecified atom stereocenters. The summed E-state index contributed by atoms with van der Waals surface area (Å²) in [7, 11) is 1.68. The van der Waals surface area contributed by atoms with Crippen LogP contribution in [0.3, 0.4) is 0 Å². The van der Waals surface area contributed by atoms with Gasteiger partial charge in [-0.2, -0.15) is 0 Å². The van der Waals surface area contributed by atoms with Crippen molar-refractivity contribution in [2.24, 2.45) is 5.73 Å². The zero-order chi connectivity index (χ0) is 20.1. The predicted octanol–water partition coefficient (Wildman–Crippen LogP) is 4.61. The van der Waals surface area contributed by atoms with Crippen LogP contribution in [0.4, 0.5) is 5.82 Å². The number of aromatic nitrogens is 2. The number of rotatable bonds is 8. The third-order valence-corrected chi connectivity index (χ3v) is 4.84. The number of anilines is 1. The molecule has 0 aliphatic rings. The van der Waals surface area contributed by atoms with Gasteiger partial charge in [0.2, 0.25) is 0 Å². The van der Waals surface area contributed by atoms with Gasteiger partial charge in [-0.05, 0) is 29.8 Å². The maximum atomic E-state index is 6.61. The van der Waals surface area contributed by atoms with Crippen molar-refractivity contribution in [2.45, 2.75) is 12.5 Å². The summed E-state index contributed by atoms with van der Waals surface area (Å²) < 4.78 is 10.6. The zero-order valence-corrected chi connectivity index (χ0v) is 17.6. The largest absolute Gasteiger partial charge is 0.383 e. The van der Waals surface area contributed by atoms with Crippen LogP contribution in [0, 0.1) is 0 Å². The van der Waals surface area contributed by atoms with E-state index in [-0.39, 0.29) is 18.4 Å². The number of hydrogen-bond acceptors (Lipinski definition) is 6. The lowest BCUT2D eigenvalue weighted by atomic mass is 9.94. The number of para-hydroxylation sites is 1. The third-order valence-electron chi connectivity index (χ3n) is 4.84. The fraction of sp³-hybridized carbons (Fsp3) is 0.217. The molecule has 0 spiro atoms. The number of pyridine rings is 1. The van der Waals surface area contributed by atoms with Crippen molar-refractivity contribution in [1.29, 1.82) is 0 Å². The molecule has 0 fully saturated rings. The molecule has 3 N–H and O–H groups in total. The first kappa shape index (κ1) is 21.8. The maximum absolute atomic E-state index is 6.61. The van der Waals surface area contributed by atoms with E-state index in [1.165, 1.54) is 0 Å². The monoisotopic (exact) mass is 424 g/mol. The van der Waals surface area contributed by atoms with Gasteiger partial charge < -0.3 is 20.3 Å². The van der Waals surface area contributed by atoms with E-state index in [0.717, 1.165) is 39.3 Å². The van der Waals surface area contributed by atoms with Crippen LogP contribution in [0.2, 0.25) is 0 Å². The number of ether oxygens (including phenoxy) is 1. The fourth-order valence-corrected chi connectivity index (χ4v) is 3.42. The van der Waals surface area contributed by atoms with Gasteiger partial charge in [-0.15, -0.1) is 12.4 Å². The van der Waals surface area contributed by atoms with Gasteiger partial charge in [0.05, 0.1) is 6.61 Å². The molecule has 0 saturated heterocycles. The average molecular weight is 425 g/mol. The molecule has 4 aromatic rings. The van der Waals surface area contributed by atoms with Crippen LogP contribution in [-0.2, 0) is 11.2 Å². The predicted molar refractivity (Wildman–Crippen MR) is 122 cm³/mol. The summed E-state index contributed by atoms with van der Waals surface area (Å²) >= 11 is 0. The number of nitrogens with one attached hydrogen (secondary N) is 1. The van der Waals surface area contributed by atoms with Crippen molar-refractivity contribution in [3.8, 4) is 11.3 Å². The van der Waals surface area contributed by atoms with Crippen molar-refractivity contribution in [1.82, 2.24) is 10.1 Å². The first-order chi connectivity index (χ1) is 14.3. The molecule has 0 aliphatic carbocycles. The summed E-state index contributed by atoms with van der Waals surface area (Å²) in [4.78, 5) is 4.67. The highest BCUT2D eigenvalue weighted by molar-refractivity contribution is 5.92. The molecule has 0 saturated carbocycles. The number of nitrogens with zero attached hydrogens (tertiary/aromatic N) is 2. The summed E-state index contributed by atoms with van der Waals surface area (Å²) in [5, 5.41) is 8.54. The van der Waals surface area contributed by atoms with Crippen LogP contribution in [0.15, 0.2) is 71.3 Å². The first-order valence-electron chi connectivity index (χ1n) is 9.64. The Balaban J connectivity index is 0.00000256. The van der Waals surface area contributed by atoms with Gasteiger partial charge in [-0.25, -0.2) is 4.98 Å². The zero-order valence-electron chi connectivity index (χ0n) is 16.7. The molecule has 0 bridgehead atoms. The number of nitrogens with two attached hydrogens (primary N) is 1. The summed E-state index contributed by atoms with van der Waals surface area (Å²) in [5.74, 6) is 0.822. The normalized spacial score (nSPS) is 11.8. The molecule has 2 aromatic carbocycles. The maximum Gasteiger partial charge on any atom is 0.167 e. The van der Waals surface area contributed by atoms with Crippen molar-refractivity contribution in [3.05, 3.63) is 78.0 Å². The molecule has 156 valence electrons. The number of methoxy groups -OCH3 is 1. The van der Waals surface area contributed by atoms with Crippen molar-refractivity contribution in [3.63, 3.8) is 0 Å². The standard InChI is InChI=1S/C23H24N4O2.ClH/c1-28-14-13-25-22-12-6-7-16(26-22)15-20(24)17-8-2-3-9-18(17)23-19-10-4-5-11-21(19)29-27-23;/h2-12,20H,13-15,24H2,1H3,(H,25,26);1H. The summed E-state index contributed by atoms with van der Waals surface area (Å²) in [6.45, 7) is 1.34.